The molecule has 33 heavy (non-hydrogen) atoms. The molecule has 166 valence electrons. The van der Waals surface area contributed by atoms with Crippen LogP contribution in [-0.4, -0.2) is 51.8 Å². The molecule has 0 saturated heterocycles. The maximum atomic E-state index is 11.6. The number of hydrogen-bond donors (Lipinski definition) is 3. The molecule has 0 bridgehead atoms. The van der Waals surface area contributed by atoms with E-state index in [-0.39, 0.29) is 0 Å². The van der Waals surface area contributed by atoms with Crippen LogP contribution in [-0.2, 0) is 12.6 Å². The standard InChI is InChI=1S/C23H23N9O/c1-4-23(33,15-5-7-25-8-6-15)19-9-17(30-22(24-2)31-19)16-11-26-21-20(16)29-18(12-27-21)14-10-28-32(3)13-14/h5-13,33H,4H2,1-3H3,(H,26,27)(H,24,30,31). The summed E-state index contributed by atoms with van der Waals surface area (Å²) in [5.41, 5.74) is 4.17. The molecular formula is C23H23N9O. The van der Waals surface area contributed by atoms with Crippen molar-refractivity contribution in [3.05, 3.63) is 66.6 Å². The SMILES string of the molecule is CCC(O)(c1ccncc1)c1cc(-c2c[nH]c3ncc(-c4cnn(C)c4)nc23)nc(NC)n1. The number of hydrogen-bond acceptors (Lipinski definition) is 8. The first-order valence-corrected chi connectivity index (χ1v) is 10.6. The average molecular weight is 441 g/mol. The molecule has 0 aliphatic carbocycles. The highest BCUT2D eigenvalue weighted by atomic mass is 16.3. The Labute approximate surface area is 189 Å². The van der Waals surface area contributed by atoms with Gasteiger partial charge in [0.1, 0.15) is 11.1 Å². The van der Waals surface area contributed by atoms with Gasteiger partial charge in [-0.1, -0.05) is 6.92 Å². The molecule has 0 fully saturated rings. The van der Waals surface area contributed by atoms with E-state index in [1.165, 1.54) is 0 Å². The Balaban J connectivity index is 1.67. The minimum Gasteiger partial charge on any atom is -0.379 e. The van der Waals surface area contributed by atoms with E-state index >= 15 is 0 Å². The third-order valence-corrected chi connectivity index (χ3v) is 5.70. The summed E-state index contributed by atoms with van der Waals surface area (Å²) in [6.07, 6.45) is 10.9. The molecule has 0 aliphatic heterocycles. The number of rotatable bonds is 6. The highest BCUT2D eigenvalue weighted by Gasteiger charge is 2.32. The largest absolute Gasteiger partial charge is 0.379 e. The van der Waals surface area contributed by atoms with E-state index in [1.807, 2.05) is 26.4 Å². The van der Waals surface area contributed by atoms with Crippen LogP contribution in [0, 0.1) is 0 Å². The van der Waals surface area contributed by atoms with Gasteiger partial charge in [-0.2, -0.15) is 5.10 Å². The molecule has 0 saturated carbocycles. The highest BCUT2D eigenvalue weighted by Crippen LogP contribution is 2.35. The van der Waals surface area contributed by atoms with Gasteiger partial charge in [-0.3, -0.25) is 9.67 Å². The second kappa shape index (κ2) is 8.06. The molecule has 10 heteroatoms. The molecule has 5 aromatic heterocycles. The molecule has 0 aromatic carbocycles. The smallest absolute Gasteiger partial charge is 0.223 e. The molecule has 5 aromatic rings. The van der Waals surface area contributed by atoms with E-state index < -0.39 is 5.60 Å². The van der Waals surface area contributed by atoms with Crippen molar-refractivity contribution in [3.63, 3.8) is 0 Å². The van der Waals surface area contributed by atoms with Crippen LogP contribution < -0.4 is 5.32 Å². The van der Waals surface area contributed by atoms with Gasteiger partial charge in [0.15, 0.2) is 5.65 Å². The number of anilines is 1. The number of aromatic nitrogens is 8. The van der Waals surface area contributed by atoms with Crippen LogP contribution in [0.4, 0.5) is 5.95 Å². The first-order valence-electron chi connectivity index (χ1n) is 10.6. The summed E-state index contributed by atoms with van der Waals surface area (Å²) < 4.78 is 1.72. The molecule has 0 radical (unpaired) electrons. The summed E-state index contributed by atoms with van der Waals surface area (Å²) in [5.74, 6) is 0.397. The van der Waals surface area contributed by atoms with Crippen molar-refractivity contribution in [1.29, 1.82) is 0 Å². The van der Waals surface area contributed by atoms with Crippen LogP contribution in [0.3, 0.4) is 0 Å². The topological polar surface area (TPSA) is 130 Å². The van der Waals surface area contributed by atoms with Crippen LogP contribution in [0.25, 0.3) is 33.7 Å². The lowest BCUT2D eigenvalue weighted by Crippen LogP contribution is -2.28. The number of pyridine rings is 1. The molecular weight excluding hydrogens is 418 g/mol. The van der Waals surface area contributed by atoms with E-state index in [1.54, 1.807) is 54.7 Å². The molecule has 0 spiro atoms. The monoisotopic (exact) mass is 441 g/mol. The number of H-pyrrole nitrogens is 1. The van der Waals surface area contributed by atoms with Crippen LogP contribution in [0.1, 0.15) is 24.6 Å². The molecule has 5 rings (SSSR count). The van der Waals surface area contributed by atoms with Gasteiger partial charge in [0.05, 0.1) is 29.5 Å². The van der Waals surface area contributed by atoms with E-state index in [2.05, 4.69) is 35.3 Å². The lowest BCUT2D eigenvalue weighted by molar-refractivity contribution is 0.0719. The average Bonchev–Trinajstić information content (AvgIpc) is 3.49. The van der Waals surface area contributed by atoms with Crippen molar-refractivity contribution in [2.45, 2.75) is 18.9 Å². The lowest BCUT2D eigenvalue weighted by atomic mass is 9.87. The molecule has 10 nitrogen and oxygen atoms in total. The fraction of sp³-hybridized carbons (Fsp3) is 0.217. The van der Waals surface area contributed by atoms with E-state index in [0.29, 0.717) is 46.2 Å². The summed E-state index contributed by atoms with van der Waals surface area (Å²) in [4.78, 5) is 25.8. The van der Waals surface area contributed by atoms with Gasteiger partial charge in [0.2, 0.25) is 5.95 Å². The van der Waals surface area contributed by atoms with Crippen molar-refractivity contribution < 1.29 is 5.11 Å². The fourth-order valence-electron chi connectivity index (χ4n) is 3.85. The normalized spacial score (nSPS) is 13.2. The number of fused-ring (bicyclic) bond motifs is 1. The first-order chi connectivity index (χ1) is 16.0. The van der Waals surface area contributed by atoms with Crippen LogP contribution in [0.5, 0.6) is 0 Å². The summed E-state index contributed by atoms with van der Waals surface area (Å²) in [5, 5.41) is 18.8. The third kappa shape index (κ3) is 3.60. The predicted molar refractivity (Wildman–Crippen MR) is 124 cm³/mol. The zero-order chi connectivity index (χ0) is 23.0. The Hall–Kier alpha value is -4.18. The van der Waals surface area contributed by atoms with Gasteiger partial charge in [0, 0.05) is 50.0 Å². The molecule has 5 heterocycles. The van der Waals surface area contributed by atoms with Crippen molar-refractivity contribution in [1.82, 2.24) is 39.7 Å². The van der Waals surface area contributed by atoms with Crippen LogP contribution in [0.2, 0.25) is 0 Å². The molecule has 1 atom stereocenters. The molecule has 3 N–H and O–H groups in total. The molecule has 0 aliphatic rings. The molecule has 0 amide bonds. The molecule has 1 unspecified atom stereocenters. The van der Waals surface area contributed by atoms with Gasteiger partial charge >= 0.3 is 0 Å². The van der Waals surface area contributed by atoms with Crippen molar-refractivity contribution >= 4 is 17.1 Å². The van der Waals surface area contributed by atoms with Gasteiger partial charge in [0.25, 0.3) is 0 Å². The zero-order valence-corrected chi connectivity index (χ0v) is 18.5. The minimum absolute atomic E-state index is 0.397. The number of aliphatic hydroxyl groups is 1. The Bertz CT molecular complexity index is 1430. The lowest BCUT2D eigenvalue weighted by Gasteiger charge is -2.27. The van der Waals surface area contributed by atoms with Crippen molar-refractivity contribution in [2.75, 3.05) is 12.4 Å². The van der Waals surface area contributed by atoms with Crippen molar-refractivity contribution in [3.8, 4) is 22.5 Å². The number of aromatic amines is 1. The minimum atomic E-state index is -1.30. The Morgan fingerprint density at radius 3 is 2.64 bits per heavy atom. The summed E-state index contributed by atoms with van der Waals surface area (Å²) in [6, 6.07) is 5.38. The highest BCUT2D eigenvalue weighted by molar-refractivity contribution is 5.90. The zero-order valence-electron chi connectivity index (χ0n) is 18.5. The van der Waals surface area contributed by atoms with Gasteiger partial charge < -0.3 is 15.4 Å². The summed E-state index contributed by atoms with van der Waals surface area (Å²) in [6.45, 7) is 1.92. The van der Waals surface area contributed by atoms with E-state index in [9.17, 15) is 5.11 Å². The number of nitrogens with zero attached hydrogens (tertiary/aromatic N) is 7. The fourth-order valence-corrected chi connectivity index (χ4v) is 3.85. The maximum Gasteiger partial charge on any atom is 0.223 e. The van der Waals surface area contributed by atoms with Crippen molar-refractivity contribution in [2.24, 2.45) is 7.05 Å². The Morgan fingerprint density at radius 1 is 1.12 bits per heavy atom. The van der Waals surface area contributed by atoms with Gasteiger partial charge in [-0.05, 0) is 30.2 Å². The predicted octanol–water partition coefficient (Wildman–Crippen LogP) is 2.90. The quantitative estimate of drug-likeness (QED) is 0.367. The second-order valence-electron chi connectivity index (χ2n) is 7.72. The second-order valence-corrected chi connectivity index (χ2v) is 7.72. The summed E-state index contributed by atoms with van der Waals surface area (Å²) in [7, 11) is 3.60. The van der Waals surface area contributed by atoms with E-state index in [4.69, 9.17) is 4.98 Å². The van der Waals surface area contributed by atoms with Gasteiger partial charge in [-0.25, -0.2) is 19.9 Å². The van der Waals surface area contributed by atoms with E-state index in [0.717, 1.165) is 11.1 Å². The number of nitrogens with one attached hydrogen (secondary N) is 2. The Kier molecular flexibility index (Phi) is 5.06. The third-order valence-electron chi connectivity index (χ3n) is 5.70. The maximum absolute atomic E-state index is 11.6. The van der Waals surface area contributed by atoms with Crippen LogP contribution in [0.15, 0.2) is 55.4 Å². The summed E-state index contributed by atoms with van der Waals surface area (Å²) >= 11 is 0. The Morgan fingerprint density at radius 2 is 1.94 bits per heavy atom. The van der Waals surface area contributed by atoms with Crippen LogP contribution >= 0.6 is 0 Å². The van der Waals surface area contributed by atoms with Gasteiger partial charge in [-0.15, -0.1) is 0 Å². The first kappa shape index (κ1) is 20.7. The number of aryl methyl sites for hydroxylation is 1.